The van der Waals surface area contributed by atoms with Gasteiger partial charge in [0.05, 0.1) is 6.10 Å². The Labute approximate surface area is 82.5 Å². The van der Waals surface area contributed by atoms with E-state index in [9.17, 15) is 5.11 Å². The van der Waals surface area contributed by atoms with Gasteiger partial charge in [-0.05, 0) is 18.8 Å². The highest BCUT2D eigenvalue weighted by molar-refractivity contribution is 4.76. The van der Waals surface area contributed by atoms with E-state index in [4.69, 9.17) is 0 Å². The Morgan fingerprint density at radius 1 is 1.15 bits per heavy atom. The molecule has 0 aromatic heterocycles. The van der Waals surface area contributed by atoms with Crippen LogP contribution in [0.25, 0.3) is 0 Å². The first kappa shape index (κ1) is 11.0. The van der Waals surface area contributed by atoms with E-state index >= 15 is 0 Å². The van der Waals surface area contributed by atoms with Crippen molar-refractivity contribution in [2.75, 3.05) is 0 Å². The second kappa shape index (κ2) is 6.42. The monoisotopic (exact) mass is 184 g/mol. The molecule has 1 fully saturated rings. The molecule has 0 aromatic carbocycles. The highest BCUT2D eigenvalue weighted by Gasteiger charge is 2.23. The third kappa shape index (κ3) is 6.09. The minimum Gasteiger partial charge on any atom is -0.393 e. The predicted octanol–water partition coefficient (Wildman–Crippen LogP) is 3.51. The quantitative estimate of drug-likeness (QED) is 0.572. The van der Waals surface area contributed by atoms with Gasteiger partial charge in [-0.1, -0.05) is 51.9 Å². The lowest BCUT2D eigenvalue weighted by Crippen LogP contribution is -2.06. The topological polar surface area (TPSA) is 20.2 Å². The molecule has 1 saturated carbocycles. The molecule has 1 heteroatoms. The lowest BCUT2D eigenvalue weighted by Gasteiger charge is -2.08. The maximum Gasteiger partial charge on any atom is 0.0542 e. The Morgan fingerprint density at radius 2 is 1.85 bits per heavy atom. The van der Waals surface area contributed by atoms with E-state index in [2.05, 4.69) is 6.92 Å². The summed E-state index contributed by atoms with van der Waals surface area (Å²) in [4.78, 5) is 0. The fraction of sp³-hybridized carbons (Fsp3) is 1.00. The van der Waals surface area contributed by atoms with Crippen LogP contribution in [0.15, 0.2) is 0 Å². The largest absolute Gasteiger partial charge is 0.393 e. The van der Waals surface area contributed by atoms with E-state index in [1.165, 1.54) is 44.9 Å². The molecule has 0 aliphatic heterocycles. The average Bonchev–Trinajstić information content (AvgIpc) is 2.88. The standard InChI is InChI=1S/C12H24O/c1-2-3-4-5-6-7-12(13)10-11-8-9-11/h11-13H,2-10H2,1H3. The number of rotatable bonds is 8. The van der Waals surface area contributed by atoms with Gasteiger partial charge in [0.25, 0.3) is 0 Å². The number of aliphatic hydroxyl groups excluding tert-OH is 1. The molecule has 0 aromatic rings. The van der Waals surface area contributed by atoms with E-state index in [0.717, 1.165) is 18.8 Å². The maximum atomic E-state index is 9.62. The van der Waals surface area contributed by atoms with Crippen molar-refractivity contribution in [1.29, 1.82) is 0 Å². The molecule has 1 aliphatic rings. The molecule has 13 heavy (non-hydrogen) atoms. The first-order chi connectivity index (χ1) is 6.33. The van der Waals surface area contributed by atoms with Crippen molar-refractivity contribution in [3.05, 3.63) is 0 Å². The van der Waals surface area contributed by atoms with Crippen molar-refractivity contribution >= 4 is 0 Å². The van der Waals surface area contributed by atoms with Crippen molar-refractivity contribution < 1.29 is 5.11 Å². The fourth-order valence-electron chi connectivity index (χ4n) is 1.84. The third-order valence-electron chi connectivity index (χ3n) is 2.94. The Bertz CT molecular complexity index is 118. The Hall–Kier alpha value is -0.0400. The molecule has 1 atom stereocenters. The van der Waals surface area contributed by atoms with Crippen molar-refractivity contribution in [3.63, 3.8) is 0 Å². The van der Waals surface area contributed by atoms with Crippen LogP contribution >= 0.6 is 0 Å². The van der Waals surface area contributed by atoms with Crippen LogP contribution in [0, 0.1) is 5.92 Å². The van der Waals surface area contributed by atoms with Crippen LogP contribution in [-0.2, 0) is 0 Å². The van der Waals surface area contributed by atoms with Gasteiger partial charge in [-0.3, -0.25) is 0 Å². The minimum atomic E-state index is 0.00845. The summed E-state index contributed by atoms with van der Waals surface area (Å²) >= 11 is 0. The molecule has 0 saturated heterocycles. The first-order valence-corrected chi connectivity index (χ1v) is 6.01. The average molecular weight is 184 g/mol. The van der Waals surface area contributed by atoms with Crippen LogP contribution in [0.3, 0.4) is 0 Å². The smallest absolute Gasteiger partial charge is 0.0542 e. The zero-order valence-electron chi connectivity index (χ0n) is 8.97. The fourth-order valence-corrected chi connectivity index (χ4v) is 1.84. The molecule has 78 valence electrons. The number of aliphatic hydroxyl groups is 1. The zero-order chi connectivity index (χ0) is 9.52. The van der Waals surface area contributed by atoms with Gasteiger partial charge in [-0.2, -0.15) is 0 Å². The van der Waals surface area contributed by atoms with E-state index < -0.39 is 0 Å². The summed E-state index contributed by atoms with van der Waals surface area (Å²) in [6.45, 7) is 2.24. The Balaban J connectivity index is 1.80. The lowest BCUT2D eigenvalue weighted by atomic mass is 10.0. The summed E-state index contributed by atoms with van der Waals surface area (Å²) in [5, 5.41) is 9.62. The van der Waals surface area contributed by atoms with E-state index in [1.54, 1.807) is 0 Å². The molecular formula is C12H24O. The van der Waals surface area contributed by atoms with Gasteiger partial charge in [0.2, 0.25) is 0 Å². The van der Waals surface area contributed by atoms with E-state index in [0.29, 0.717) is 0 Å². The minimum absolute atomic E-state index is 0.00845. The predicted molar refractivity (Wildman–Crippen MR) is 56.7 cm³/mol. The van der Waals surface area contributed by atoms with E-state index in [1.807, 2.05) is 0 Å². The summed E-state index contributed by atoms with van der Waals surface area (Å²) in [7, 11) is 0. The highest BCUT2D eigenvalue weighted by Crippen LogP contribution is 2.34. The molecule has 0 spiro atoms. The molecule has 0 radical (unpaired) electrons. The van der Waals surface area contributed by atoms with Crippen molar-refractivity contribution in [2.45, 2.75) is 70.8 Å². The molecule has 0 bridgehead atoms. The summed E-state index contributed by atoms with van der Waals surface area (Å²) < 4.78 is 0. The van der Waals surface area contributed by atoms with Gasteiger partial charge in [0.1, 0.15) is 0 Å². The summed E-state index contributed by atoms with van der Waals surface area (Å²) in [6, 6.07) is 0. The van der Waals surface area contributed by atoms with Gasteiger partial charge >= 0.3 is 0 Å². The van der Waals surface area contributed by atoms with Crippen LogP contribution < -0.4 is 0 Å². The Kier molecular flexibility index (Phi) is 5.45. The third-order valence-corrected chi connectivity index (χ3v) is 2.94. The first-order valence-electron chi connectivity index (χ1n) is 6.01. The van der Waals surface area contributed by atoms with Gasteiger partial charge in [-0.25, -0.2) is 0 Å². The normalized spacial score (nSPS) is 18.9. The van der Waals surface area contributed by atoms with Gasteiger partial charge in [0, 0.05) is 0 Å². The highest BCUT2D eigenvalue weighted by atomic mass is 16.3. The number of hydrogen-bond acceptors (Lipinski definition) is 1. The van der Waals surface area contributed by atoms with Crippen LogP contribution in [-0.4, -0.2) is 11.2 Å². The van der Waals surface area contributed by atoms with Gasteiger partial charge in [-0.15, -0.1) is 0 Å². The number of unbranched alkanes of at least 4 members (excludes halogenated alkanes) is 4. The van der Waals surface area contributed by atoms with Crippen molar-refractivity contribution in [2.24, 2.45) is 5.92 Å². The number of hydrogen-bond donors (Lipinski definition) is 1. The van der Waals surface area contributed by atoms with Crippen LogP contribution in [0.4, 0.5) is 0 Å². The molecule has 1 N–H and O–H groups in total. The molecular weight excluding hydrogens is 160 g/mol. The van der Waals surface area contributed by atoms with Crippen molar-refractivity contribution in [3.8, 4) is 0 Å². The Morgan fingerprint density at radius 3 is 2.46 bits per heavy atom. The molecule has 0 heterocycles. The maximum absolute atomic E-state index is 9.62. The lowest BCUT2D eigenvalue weighted by molar-refractivity contribution is 0.144. The molecule has 1 nitrogen and oxygen atoms in total. The van der Waals surface area contributed by atoms with Gasteiger partial charge in [0.15, 0.2) is 0 Å². The van der Waals surface area contributed by atoms with Crippen molar-refractivity contribution in [1.82, 2.24) is 0 Å². The summed E-state index contributed by atoms with van der Waals surface area (Å²) in [5.41, 5.74) is 0. The molecule has 1 unspecified atom stereocenters. The van der Waals surface area contributed by atoms with Crippen LogP contribution in [0.5, 0.6) is 0 Å². The molecule has 1 aliphatic carbocycles. The summed E-state index contributed by atoms with van der Waals surface area (Å²) in [6.07, 6.45) is 11.4. The second-order valence-electron chi connectivity index (χ2n) is 4.54. The summed E-state index contributed by atoms with van der Waals surface area (Å²) in [5.74, 6) is 0.880. The van der Waals surface area contributed by atoms with E-state index in [-0.39, 0.29) is 6.10 Å². The SMILES string of the molecule is CCCCCCCC(O)CC1CC1. The van der Waals surface area contributed by atoms with Crippen LogP contribution in [0.1, 0.15) is 64.7 Å². The van der Waals surface area contributed by atoms with Crippen LogP contribution in [0.2, 0.25) is 0 Å². The molecule has 0 amide bonds. The second-order valence-corrected chi connectivity index (χ2v) is 4.54. The zero-order valence-corrected chi connectivity index (χ0v) is 8.97. The molecule has 1 rings (SSSR count). The van der Waals surface area contributed by atoms with Gasteiger partial charge < -0.3 is 5.11 Å².